The molecule has 0 saturated heterocycles. The number of nitrogen functional groups attached to an aromatic ring is 1. The zero-order chi connectivity index (χ0) is 9.26. The Labute approximate surface area is 76.2 Å². The predicted octanol–water partition coefficient (Wildman–Crippen LogP) is 1.83. The third kappa shape index (κ3) is 1.28. The Balaban J connectivity index is 2.81. The zero-order valence-electron chi connectivity index (χ0n) is 7.32. The van der Waals surface area contributed by atoms with Gasteiger partial charge in [0.2, 0.25) is 0 Å². The van der Waals surface area contributed by atoms with Crippen molar-refractivity contribution in [3.8, 4) is 5.75 Å². The van der Waals surface area contributed by atoms with Crippen LogP contribution < -0.4 is 10.5 Å². The fourth-order valence-electron chi connectivity index (χ4n) is 1.34. The Hall–Kier alpha value is -1.77. The number of methoxy groups -OCH3 is 1. The largest absolute Gasteiger partial charge is 0.496 e. The number of aromatic nitrogens is 1. The molecule has 2 rings (SSSR count). The third-order valence-electron chi connectivity index (χ3n) is 1.93. The highest BCUT2D eigenvalue weighted by Crippen LogP contribution is 2.26. The maximum atomic E-state index is 5.68. The van der Waals surface area contributed by atoms with Crippen LogP contribution in [0.1, 0.15) is 0 Å². The van der Waals surface area contributed by atoms with E-state index in [-0.39, 0.29) is 0 Å². The van der Waals surface area contributed by atoms with Crippen molar-refractivity contribution >= 4 is 16.6 Å². The van der Waals surface area contributed by atoms with Crippen molar-refractivity contribution in [1.29, 1.82) is 0 Å². The first-order chi connectivity index (χ1) is 6.31. The van der Waals surface area contributed by atoms with E-state index in [9.17, 15) is 0 Å². The molecule has 0 bridgehead atoms. The molecular weight excluding hydrogens is 164 g/mol. The zero-order valence-corrected chi connectivity index (χ0v) is 7.32. The summed E-state index contributed by atoms with van der Waals surface area (Å²) < 4.78 is 5.19. The van der Waals surface area contributed by atoms with Gasteiger partial charge in [-0.05, 0) is 18.2 Å². The number of hydrogen-bond donors (Lipinski definition) is 1. The molecule has 0 fully saturated rings. The number of nitrogens with two attached hydrogens (primary N) is 1. The maximum Gasteiger partial charge on any atom is 0.130 e. The molecule has 0 unspecified atom stereocenters. The van der Waals surface area contributed by atoms with Gasteiger partial charge in [-0.2, -0.15) is 0 Å². The number of ether oxygens (including phenoxy) is 1. The summed E-state index contributed by atoms with van der Waals surface area (Å²) >= 11 is 0. The van der Waals surface area contributed by atoms with Crippen LogP contribution in [-0.4, -0.2) is 12.1 Å². The average Bonchev–Trinajstić information content (AvgIpc) is 2.16. The van der Waals surface area contributed by atoms with Gasteiger partial charge < -0.3 is 10.5 Å². The van der Waals surface area contributed by atoms with Crippen LogP contribution in [-0.2, 0) is 0 Å². The fourth-order valence-corrected chi connectivity index (χ4v) is 1.34. The molecule has 0 spiro atoms. The lowest BCUT2D eigenvalue weighted by Crippen LogP contribution is -1.90. The number of nitrogens with zero attached hydrogens (tertiary/aromatic N) is 1. The summed E-state index contributed by atoms with van der Waals surface area (Å²) in [6, 6.07) is 7.46. The van der Waals surface area contributed by atoms with Crippen LogP contribution in [0, 0.1) is 0 Å². The van der Waals surface area contributed by atoms with E-state index in [4.69, 9.17) is 10.5 Å². The van der Waals surface area contributed by atoms with E-state index in [1.165, 1.54) is 0 Å². The normalized spacial score (nSPS) is 10.2. The standard InChI is InChI=1S/C10H10N2O/c1-13-10-6-7(11)5-9-8(10)3-2-4-12-9/h2-6H,11H2,1H3. The summed E-state index contributed by atoms with van der Waals surface area (Å²) in [5.74, 6) is 0.767. The van der Waals surface area contributed by atoms with Gasteiger partial charge >= 0.3 is 0 Å². The number of rotatable bonds is 1. The Kier molecular flexibility index (Phi) is 1.77. The number of anilines is 1. The number of benzene rings is 1. The highest BCUT2D eigenvalue weighted by Gasteiger charge is 2.02. The second-order valence-corrected chi connectivity index (χ2v) is 2.79. The summed E-state index contributed by atoms with van der Waals surface area (Å²) in [7, 11) is 1.63. The van der Waals surface area contributed by atoms with Crippen molar-refractivity contribution in [2.24, 2.45) is 0 Å². The SMILES string of the molecule is COc1cc(N)cc2ncccc12. The Morgan fingerprint density at radius 3 is 3.00 bits per heavy atom. The maximum absolute atomic E-state index is 5.68. The summed E-state index contributed by atoms with van der Waals surface area (Å²) in [5, 5.41) is 0.985. The molecule has 2 aromatic rings. The van der Waals surface area contributed by atoms with Gasteiger partial charge in [-0.3, -0.25) is 4.98 Å². The van der Waals surface area contributed by atoms with Gasteiger partial charge in [0.25, 0.3) is 0 Å². The molecule has 13 heavy (non-hydrogen) atoms. The molecule has 3 nitrogen and oxygen atoms in total. The number of pyridine rings is 1. The van der Waals surface area contributed by atoms with Crippen LogP contribution in [0.3, 0.4) is 0 Å². The second-order valence-electron chi connectivity index (χ2n) is 2.79. The van der Waals surface area contributed by atoms with E-state index in [2.05, 4.69) is 4.98 Å². The van der Waals surface area contributed by atoms with Gasteiger partial charge in [0, 0.05) is 23.3 Å². The molecule has 0 saturated carbocycles. The summed E-state index contributed by atoms with van der Waals surface area (Å²) in [6.07, 6.45) is 1.74. The number of hydrogen-bond acceptors (Lipinski definition) is 3. The molecule has 1 heterocycles. The lowest BCUT2D eigenvalue weighted by atomic mass is 10.2. The van der Waals surface area contributed by atoms with Crippen LogP contribution in [0.5, 0.6) is 5.75 Å². The van der Waals surface area contributed by atoms with Crippen LogP contribution in [0.4, 0.5) is 5.69 Å². The van der Waals surface area contributed by atoms with Crippen molar-refractivity contribution in [1.82, 2.24) is 4.98 Å². The van der Waals surface area contributed by atoms with Crippen molar-refractivity contribution in [2.75, 3.05) is 12.8 Å². The molecule has 0 radical (unpaired) electrons. The van der Waals surface area contributed by atoms with Gasteiger partial charge in [0.05, 0.1) is 12.6 Å². The highest BCUT2D eigenvalue weighted by molar-refractivity contribution is 5.87. The van der Waals surface area contributed by atoms with E-state index in [1.54, 1.807) is 19.4 Å². The van der Waals surface area contributed by atoms with Gasteiger partial charge in [-0.15, -0.1) is 0 Å². The Morgan fingerprint density at radius 1 is 1.38 bits per heavy atom. The van der Waals surface area contributed by atoms with Crippen molar-refractivity contribution in [2.45, 2.75) is 0 Å². The smallest absolute Gasteiger partial charge is 0.130 e. The lowest BCUT2D eigenvalue weighted by molar-refractivity contribution is 0.420. The minimum absolute atomic E-state index is 0.669. The first-order valence-electron chi connectivity index (χ1n) is 3.99. The van der Waals surface area contributed by atoms with E-state index < -0.39 is 0 Å². The van der Waals surface area contributed by atoms with Crippen LogP contribution in [0.25, 0.3) is 10.9 Å². The molecule has 3 heteroatoms. The summed E-state index contributed by atoms with van der Waals surface area (Å²) in [4.78, 5) is 4.19. The van der Waals surface area contributed by atoms with Gasteiger partial charge in [-0.1, -0.05) is 0 Å². The Morgan fingerprint density at radius 2 is 2.23 bits per heavy atom. The Bertz CT molecular complexity index is 440. The third-order valence-corrected chi connectivity index (χ3v) is 1.93. The quantitative estimate of drug-likeness (QED) is 0.671. The molecule has 0 atom stereocenters. The first-order valence-corrected chi connectivity index (χ1v) is 3.99. The first kappa shape index (κ1) is 7.86. The second kappa shape index (κ2) is 2.94. The van der Waals surface area contributed by atoms with E-state index in [0.29, 0.717) is 5.69 Å². The summed E-state index contributed by atoms with van der Waals surface area (Å²) in [5.41, 5.74) is 7.21. The molecule has 0 amide bonds. The molecule has 0 aliphatic rings. The van der Waals surface area contributed by atoms with Crippen LogP contribution >= 0.6 is 0 Å². The number of fused-ring (bicyclic) bond motifs is 1. The minimum atomic E-state index is 0.669. The van der Waals surface area contributed by atoms with Gasteiger partial charge in [-0.25, -0.2) is 0 Å². The van der Waals surface area contributed by atoms with E-state index in [1.807, 2.05) is 18.2 Å². The fraction of sp³-hybridized carbons (Fsp3) is 0.100. The van der Waals surface area contributed by atoms with Gasteiger partial charge in [0.15, 0.2) is 0 Å². The van der Waals surface area contributed by atoms with Crippen LogP contribution in [0.2, 0.25) is 0 Å². The molecule has 1 aromatic heterocycles. The molecule has 0 aliphatic heterocycles. The monoisotopic (exact) mass is 174 g/mol. The molecule has 2 N–H and O–H groups in total. The molecule has 1 aromatic carbocycles. The lowest BCUT2D eigenvalue weighted by Gasteiger charge is -2.05. The van der Waals surface area contributed by atoms with Crippen molar-refractivity contribution in [3.05, 3.63) is 30.5 Å². The topological polar surface area (TPSA) is 48.1 Å². The molecule has 66 valence electrons. The molecular formula is C10H10N2O. The van der Waals surface area contributed by atoms with E-state index in [0.717, 1.165) is 16.7 Å². The summed E-state index contributed by atoms with van der Waals surface area (Å²) in [6.45, 7) is 0. The van der Waals surface area contributed by atoms with Crippen molar-refractivity contribution < 1.29 is 4.74 Å². The average molecular weight is 174 g/mol. The minimum Gasteiger partial charge on any atom is -0.496 e. The predicted molar refractivity (Wildman–Crippen MR) is 52.7 cm³/mol. The van der Waals surface area contributed by atoms with E-state index >= 15 is 0 Å². The van der Waals surface area contributed by atoms with Crippen molar-refractivity contribution in [3.63, 3.8) is 0 Å². The van der Waals surface area contributed by atoms with Crippen LogP contribution in [0.15, 0.2) is 30.5 Å². The highest BCUT2D eigenvalue weighted by atomic mass is 16.5. The molecule has 0 aliphatic carbocycles. The van der Waals surface area contributed by atoms with Gasteiger partial charge in [0.1, 0.15) is 5.75 Å².